The molecule has 112 valence electrons. The fourth-order valence-corrected chi connectivity index (χ4v) is 1.76. The van der Waals surface area contributed by atoms with Crippen LogP contribution in [-0.2, 0) is 25.2 Å². The highest BCUT2D eigenvalue weighted by molar-refractivity contribution is 7.46. The largest absolute Gasteiger partial charge is 0.469 e. The quantitative estimate of drug-likeness (QED) is 0.390. The lowest BCUT2D eigenvalue weighted by atomic mass is 10.2. The van der Waals surface area contributed by atoms with E-state index in [4.69, 9.17) is 19.3 Å². The van der Waals surface area contributed by atoms with Crippen LogP contribution in [0, 0.1) is 0 Å². The normalized spacial score (nSPS) is 13.1. The lowest BCUT2D eigenvalue weighted by Crippen LogP contribution is -2.25. The predicted octanol–water partition coefficient (Wildman–Crippen LogP) is 1.88. The van der Waals surface area contributed by atoms with E-state index in [1.165, 1.54) is 0 Å². The second-order valence-electron chi connectivity index (χ2n) is 4.03. The van der Waals surface area contributed by atoms with Gasteiger partial charge in [0.25, 0.3) is 0 Å². The number of ether oxygens (including phenoxy) is 2. The van der Waals surface area contributed by atoms with E-state index in [-0.39, 0.29) is 13.2 Å². The SMILES string of the molecule is C=CCOC[C@H](COP(=O)(O)O)OCc1ccccc1. The Morgan fingerprint density at radius 2 is 1.95 bits per heavy atom. The van der Waals surface area contributed by atoms with E-state index in [2.05, 4.69) is 11.1 Å². The molecule has 0 radical (unpaired) electrons. The third-order valence-corrected chi connectivity index (χ3v) is 2.78. The minimum absolute atomic E-state index is 0.166. The Labute approximate surface area is 118 Å². The van der Waals surface area contributed by atoms with Gasteiger partial charge in [-0.15, -0.1) is 6.58 Å². The van der Waals surface area contributed by atoms with Gasteiger partial charge in [-0.2, -0.15) is 0 Å². The van der Waals surface area contributed by atoms with Crippen molar-refractivity contribution in [1.29, 1.82) is 0 Å². The van der Waals surface area contributed by atoms with Crippen molar-refractivity contribution in [2.45, 2.75) is 12.7 Å². The molecule has 6 nitrogen and oxygen atoms in total. The van der Waals surface area contributed by atoms with E-state index >= 15 is 0 Å². The van der Waals surface area contributed by atoms with Crippen LogP contribution in [0.2, 0.25) is 0 Å². The first kappa shape index (κ1) is 17.0. The number of benzene rings is 1. The van der Waals surface area contributed by atoms with Crippen LogP contribution in [0.15, 0.2) is 43.0 Å². The molecule has 0 aliphatic carbocycles. The summed E-state index contributed by atoms with van der Waals surface area (Å²) in [6, 6.07) is 9.45. The van der Waals surface area contributed by atoms with Crippen LogP contribution in [-0.4, -0.2) is 35.7 Å². The minimum atomic E-state index is -4.51. The molecule has 0 aromatic heterocycles. The Balaban J connectivity index is 2.44. The minimum Gasteiger partial charge on any atom is -0.375 e. The summed E-state index contributed by atoms with van der Waals surface area (Å²) in [6.45, 7) is 4.09. The molecule has 7 heteroatoms. The van der Waals surface area contributed by atoms with Crippen molar-refractivity contribution in [1.82, 2.24) is 0 Å². The summed E-state index contributed by atoms with van der Waals surface area (Å²) in [5.74, 6) is 0. The third-order valence-electron chi connectivity index (χ3n) is 2.30. The summed E-state index contributed by atoms with van der Waals surface area (Å²) >= 11 is 0. The molecular weight excluding hydrogens is 283 g/mol. The molecule has 0 amide bonds. The Kier molecular flexibility index (Phi) is 7.69. The van der Waals surface area contributed by atoms with Gasteiger partial charge < -0.3 is 19.3 Å². The predicted molar refractivity (Wildman–Crippen MR) is 74.0 cm³/mol. The first-order chi connectivity index (χ1) is 9.51. The zero-order valence-corrected chi connectivity index (χ0v) is 11.9. The highest BCUT2D eigenvalue weighted by Gasteiger charge is 2.19. The van der Waals surface area contributed by atoms with Crippen LogP contribution < -0.4 is 0 Å². The lowest BCUT2D eigenvalue weighted by Gasteiger charge is -2.18. The van der Waals surface area contributed by atoms with Crippen molar-refractivity contribution in [2.75, 3.05) is 19.8 Å². The molecule has 1 atom stereocenters. The highest BCUT2D eigenvalue weighted by Crippen LogP contribution is 2.35. The van der Waals surface area contributed by atoms with Crippen LogP contribution in [0.4, 0.5) is 0 Å². The first-order valence-electron chi connectivity index (χ1n) is 6.05. The molecule has 2 N–H and O–H groups in total. The van der Waals surface area contributed by atoms with Crippen molar-refractivity contribution >= 4 is 7.82 Å². The third kappa shape index (κ3) is 8.22. The average Bonchev–Trinajstić information content (AvgIpc) is 2.41. The van der Waals surface area contributed by atoms with Crippen LogP contribution >= 0.6 is 7.82 Å². The highest BCUT2D eigenvalue weighted by atomic mass is 31.2. The maximum Gasteiger partial charge on any atom is 0.469 e. The second kappa shape index (κ2) is 9.02. The van der Waals surface area contributed by atoms with Crippen LogP contribution in [0.5, 0.6) is 0 Å². The Hall–Kier alpha value is -1.01. The number of hydrogen-bond acceptors (Lipinski definition) is 4. The van der Waals surface area contributed by atoms with E-state index < -0.39 is 13.9 Å². The standard InChI is InChI=1S/C13H19O6P/c1-2-8-17-10-13(11-19-20(14,15)16)18-9-12-6-4-3-5-7-12/h2-7,13H,1,8-11H2,(H2,14,15,16)/t13-/m1/s1. The summed E-state index contributed by atoms with van der Waals surface area (Å²) in [5.41, 5.74) is 0.956. The molecule has 0 fully saturated rings. The second-order valence-corrected chi connectivity index (χ2v) is 5.27. The molecule has 0 heterocycles. The monoisotopic (exact) mass is 302 g/mol. The number of phosphoric acid groups is 1. The fraction of sp³-hybridized carbons (Fsp3) is 0.385. The van der Waals surface area contributed by atoms with Crippen molar-refractivity contribution in [3.8, 4) is 0 Å². The van der Waals surface area contributed by atoms with Gasteiger partial charge >= 0.3 is 7.82 Å². The van der Waals surface area contributed by atoms with E-state index in [0.29, 0.717) is 13.2 Å². The summed E-state index contributed by atoms with van der Waals surface area (Å²) < 4.78 is 25.9. The van der Waals surface area contributed by atoms with Gasteiger partial charge in [-0.05, 0) is 5.56 Å². The maximum atomic E-state index is 10.7. The van der Waals surface area contributed by atoms with E-state index in [9.17, 15) is 4.57 Å². The molecule has 0 bridgehead atoms. The Morgan fingerprint density at radius 1 is 1.25 bits per heavy atom. The number of phosphoric ester groups is 1. The van der Waals surface area contributed by atoms with E-state index in [1.807, 2.05) is 30.3 Å². The zero-order chi connectivity index (χ0) is 14.8. The molecule has 1 aromatic rings. The van der Waals surface area contributed by atoms with Crippen LogP contribution in [0.3, 0.4) is 0 Å². The smallest absolute Gasteiger partial charge is 0.375 e. The van der Waals surface area contributed by atoms with Crippen molar-refractivity contribution < 1.29 is 28.3 Å². The van der Waals surface area contributed by atoms with Gasteiger partial charge in [0.05, 0.1) is 26.4 Å². The number of hydrogen-bond donors (Lipinski definition) is 2. The van der Waals surface area contributed by atoms with Gasteiger partial charge in [-0.25, -0.2) is 4.57 Å². The molecule has 0 saturated carbocycles. The zero-order valence-electron chi connectivity index (χ0n) is 11.1. The van der Waals surface area contributed by atoms with Crippen molar-refractivity contribution in [2.24, 2.45) is 0 Å². The fourth-order valence-electron chi connectivity index (χ4n) is 1.40. The van der Waals surface area contributed by atoms with Crippen molar-refractivity contribution in [3.05, 3.63) is 48.6 Å². The van der Waals surface area contributed by atoms with Gasteiger partial charge in [0, 0.05) is 0 Å². The van der Waals surface area contributed by atoms with Gasteiger partial charge in [-0.1, -0.05) is 36.4 Å². The molecular formula is C13H19O6P. The summed E-state index contributed by atoms with van der Waals surface area (Å²) in [6.07, 6.45) is 1.01. The van der Waals surface area contributed by atoms with E-state index in [0.717, 1.165) is 5.56 Å². The molecule has 20 heavy (non-hydrogen) atoms. The van der Waals surface area contributed by atoms with Crippen molar-refractivity contribution in [3.63, 3.8) is 0 Å². The molecule has 1 aromatic carbocycles. The molecule has 0 saturated heterocycles. The Morgan fingerprint density at radius 3 is 2.55 bits per heavy atom. The van der Waals surface area contributed by atoms with Gasteiger partial charge in [0.1, 0.15) is 6.10 Å². The molecule has 0 aliphatic heterocycles. The molecule has 1 rings (SSSR count). The van der Waals surface area contributed by atoms with Crippen LogP contribution in [0.25, 0.3) is 0 Å². The average molecular weight is 302 g/mol. The lowest BCUT2D eigenvalue weighted by molar-refractivity contribution is -0.0442. The summed E-state index contributed by atoms with van der Waals surface area (Å²) in [5, 5.41) is 0. The maximum absolute atomic E-state index is 10.7. The molecule has 0 unspecified atom stereocenters. The molecule has 0 aliphatic rings. The summed E-state index contributed by atoms with van der Waals surface area (Å²) in [4.78, 5) is 17.4. The van der Waals surface area contributed by atoms with Crippen LogP contribution in [0.1, 0.15) is 5.56 Å². The van der Waals surface area contributed by atoms with Gasteiger partial charge in [-0.3, -0.25) is 4.52 Å². The first-order valence-corrected chi connectivity index (χ1v) is 7.58. The summed E-state index contributed by atoms with van der Waals surface area (Å²) in [7, 11) is -4.51. The Bertz CT molecular complexity index is 430. The van der Waals surface area contributed by atoms with Gasteiger partial charge in [0.15, 0.2) is 0 Å². The van der Waals surface area contributed by atoms with Gasteiger partial charge in [0.2, 0.25) is 0 Å². The van der Waals surface area contributed by atoms with E-state index in [1.54, 1.807) is 6.08 Å². The number of rotatable bonds is 10. The topological polar surface area (TPSA) is 85.2 Å². The molecule has 0 spiro atoms.